The molecule has 0 spiro atoms. The Morgan fingerprint density at radius 1 is 1.07 bits per heavy atom. The molecule has 0 bridgehead atoms. The molecular formula is C21H28N4O2. The lowest BCUT2D eigenvalue weighted by molar-refractivity contribution is 0.140. The first kappa shape index (κ1) is 19.2. The maximum atomic E-state index is 5.59. The van der Waals surface area contributed by atoms with E-state index < -0.39 is 0 Å². The second kappa shape index (κ2) is 8.86. The summed E-state index contributed by atoms with van der Waals surface area (Å²) in [5.74, 6) is 2.68. The number of imidazole rings is 1. The Labute approximate surface area is 160 Å². The van der Waals surface area contributed by atoms with Gasteiger partial charge in [0.05, 0.1) is 19.2 Å². The highest BCUT2D eigenvalue weighted by atomic mass is 16.5. The molecule has 0 fully saturated rings. The van der Waals surface area contributed by atoms with Crippen LogP contribution in [0.15, 0.2) is 36.5 Å². The molecule has 0 saturated heterocycles. The molecule has 0 aliphatic heterocycles. The van der Waals surface area contributed by atoms with Crippen molar-refractivity contribution in [1.82, 2.24) is 14.5 Å². The maximum absolute atomic E-state index is 5.59. The monoisotopic (exact) mass is 368 g/mol. The van der Waals surface area contributed by atoms with Crippen LogP contribution in [0.3, 0.4) is 0 Å². The molecule has 0 N–H and O–H groups in total. The molecule has 0 radical (unpaired) electrons. The Morgan fingerprint density at radius 2 is 1.89 bits per heavy atom. The average Bonchev–Trinajstić information content (AvgIpc) is 3.08. The van der Waals surface area contributed by atoms with Crippen molar-refractivity contribution in [2.45, 2.75) is 27.3 Å². The molecule has 0 atom stereocenters. The average molecular weight is 368 g/mol. The van der Waals surface area contributed by atoms with Crippen molar-refractivity contribution in [2.24, 2.45) is 0 Å². The molecule has 2 aromatic heterocycles. The molecular weight excluding hydrogens is 340 g/mol. The first-order chi connectivity index (χ1) is 13.2. The van der Waals surface area contributed by atoms with Crippen molar-refractivity contribution in [3.63, 3.8) is 0 Å². The topological polar surface area (TPSA) is 52.4 Å². The molecule has 1 aromatic carbocycles. The van der Waals surface area contributed by atoms with Gasteiger partial charge in [-0.05, 0) is 45.0 Å². The van der Waals surface area contributed by atoms with E-state index in [0.717, 1.165) is 47.1 Å². The smallest absolute Gasteiger partial charge is 0.144 e. The van der Waals surface area contributed by atoms with Crippen LogP contribution in [-0.2, 0) is 11.3 Å². The Hall–Kier alpha value is -2.60. The third-order valence-corrected chi connectivity index (χ3v) is 4.71. The van der Waals surface area contributed by atoms with Crippen LogP contribution < -0.4 is 9.64 Å². The highest BCUT2D eigenvalue weighted by Crippen LogP contribution is 2.31. The minimum Gasteiger partial charge on any atom is -0.494 e. The normalized spacial score (nSPS) is 11.1. The van der Waals surface area contributed by atoms with E-state index in [1.54, 1.807) is 7.11 Å². The molecule has 0 aliphatic carbocycles. The second-order valence-electron chi connectivity index (χ2n) is 6.19. The van der Waals surface area contributed by atoms with Crippen molar-refractivity contribution in [2.75, 3.05) is 38.3 Å². The molecule has 0 saturated carbocycles. The van der Waals surface area contributed by atoms with Crippen molar-refractivity contribution < 1.29 is 9.47 Å². The van der Waals surface area contributed by atoms with Crippen LogP contribution in [0.5, 0.6) is 5.75 Å². The van der Waals surface area contributed by atoms with Crippen LogP contribution in [0.2, 0.25) is 0 Å². The van der Waals surface area contributed by atoms with Crippen LogP contribution in [0.4, 0.5) is 5.82 Å². The lowest BCUT2D eigenvalue weighted by Crippen LogP contribution is -2.22. The van der Waals surface area contributed by atoms with Crippen molar-refractivity contribution in [3.05, 3.63) is 36.5 Å². The Kier molecular flexibility index (Phi) is 6.29. The van der Waals surface area contributed by atoms with Gasteiger partial charge in [0.1, 0.15) is 22.9 Å². The molecule has 0 unspecified atom stereocenters. The number of anilines is 1. The fraction of sp³-hybridized carbons (Fsp3) is 0.429. The third-order valence-electron chi connectivity index (χ3n) is 4.71. The molecule has 6 nitrogen and oxygen atoms in total. The summed E-state index contributed by atoms with van der Waals surface area (Å²) in [6.45, 7) is 10.2. The van der Waals surface area contributed by atoms with Crippen LogP contribution in [0.25, 0.3) is 22.4 Å². The van der Waals surface area contributed by atoms with Gasteiger partial charge in [-0.15, -0.1) is 0 Å². The third kappa shape index (κ3) is 3.90. The number of para-hydroxylation sites is 1. The second-order valence-corrected chi connectivity index (χ2v) is 6.19. The van der Waals surface area contributed by atoms with Gasteiger partial charge in [0.15, 0.2) is 0 Å². The summed E-state index contributed by atoms with van der Waals surface area (Å²) in [6.07, 6.45) is 1.90. The molecule has 0 amide bonds. The van der Waals surface area contributed by atoms with Gasteiger partial charge >= 0.3 is 0 Å². The quantitative estimate of drug-likeness (QED) is 0.535. The number of nitrogens with zero attached hydrogens (tertiary/aromatic N) is 4. The standard InChI is InChI=1S/C21H28N4O2/c1-5-24(6-2)19-12-11-16(15-22-19)21-23-17-9-8-10-18(26-4)20(17)25(21)13-14-27-7-3/h8-12,15H,5-7,13-14H2,1-4H3. The number of benzene rings is 1. The number of hydrogen-bond donors (Lipinski definition) is 0. The molecule has 144 valence electrons. The van der Waals surface area contributed by atoms with E-state index in [-0.39, 0.29) is 0 Å². The zero-order chi connectivity index (χ0) is 19.2. The van der Waals surface area contributed by atoms with Gasteiger partial charge in [-0.25, -0.2) is 9.97 Å². The molecule has 3 rings (SSSR count). The van der Waals surface area contributed by atoms with E-state index in [9.17, 15) is 0 Å². The summed E-state index contributed by atoms with van der Waals surface area (Å²) in [6, 6.07) is 10.1. The number of fused-ring (bicyclic) bond motifs is 1. The van der Waals surface area contributed by atoms with Crippen molar-refractivity contribution in [3.8, 4) is 17.1 Å². The van der Waals surface area contributed by atoms with Gasteiger partial charge < -0.3 is 18.9 Å². The summed E-state index contributed by atoms with van der Waals surface area (Å²) in [5.41, 5.74) is 2.89. The summed E-state index contributed by atoms with van der Waals surface area (Å²) < 4.78 is 13.3. The lowest BCUT2D eigenvalue weighted by atomic mass is 10.2. The summed E-state index contributed by atoms with van der Waals surface area (Å²) in [5, 5.41) is 0. The van der Waals surface area contributed by atoms with Gasteiger partial charge in [0.25, 0.3) is 0 Å². The lowest BCUT2D eigenvalue weighted by Gasteiger charge is -2.19. The maximum Gasteiger partial charge on any atom is 0.144 e. The van der Waals surface area contributed by atoms with Crippen LogP contribution in [0.1, 0.15) is 20.8 Å². The minimum absolute atomic E-state index is 0.623. The SMILES string of the molecule is CCOCCn1c(-c2ccc(N(CC)CC)nc2)nc2cccc(OC)c21. The highest BCUT2D eigenvalue weighted by molar-refractivity contribution is 5.86. The van der Waals surface area contributed by atoms with E-state index in [1.807, 2.05) is 31.3 Å². The predicted molar refractivity (Wildman–Crippen MR) is 110 cm³/mol. The fourth-order valence-corrected chi connectivity index (χ4v) is 3.31. The predicted octanol–water partition coefficient (Wildman–Crippen LogP) is 3.99. The van der Waals surface area contributed by atoms with E-state index in [1.165, 1.54) is 0 Å². The number of methoxy groups -OCH3 is 1. The van der Waals surface area contributed by atoms with Crippen LogP contribution >= 0.6 is 0 Å². The summed E-state index contributed by atoms with van der Waals surface area (Å²) in [7, 11) is 1.69. The van der Waals surface area contributed by atoms with E-state index in [2.05, 4.69) is 40.4 Å². The highest BCUT2D eigenvalue weighted by Gasteiger charge is 2.16. The van der Waals surface area contributed by atoms with E-state index in [0.29, 0.717) is 19.8 Å². The molecule has 3 aromatic rings. The summed E-state index contributed by atoms with van der Waals surface area (Å²) >= 11 is 0. The summed E-state index contributed by atoms with van der Waals surface area (Å²) in [4.78, 5) is 11.7. The number of rotatable bonds is 9. The van der Waals surface area contributed by atoms with Crippen molar-refractivity contribution >= 4 is 16.9 Å². The zero-order valence-corrected chi connectivity index (χ0v) is 16.6. The fourth-order valence-electron chi connectivity index (χ4n) is 3.31. The van der Waals surface area contributed by atoms with E-state index in [4.69, 9.17) is 14.5 Å². The number of pyridine rings is 1. The van der Waals surface area contributed by atoms with Crippen LogP contribution in [-0.4, -0.2) is 47.9 Å². The molecule has 2 heterocycles. The van der Waals surface area contributed by atoms with Crippen LogP contribution in [0, 0.1) is 0 Å². The molecule has 0 aliphatic rings. The number of ether oxygens (including phenoxy) is 2. The molecule has 6 heteroatoms. The van der Waals surface area contributed by atoms with Gasteiger partial charge in [0.2, 0.25) is 0 Å². The molecule has 27 heavy (non-hydrogen) atoms. The first-order valence-electron chi connectivity index (χ1n) is 9.55. The van der Waals surface area contributed by atoms with Gasteiger partial charge in [-0.2, -0.15) is 0 Å². The van der Waals surface area contributed by atoms with E-state index >= 15 is 0 Å². The van der Waals surface area contributed by atoms with Gasteiger partial charge in [-0.3, -0.25) is 0 Å². The number of aromatic nitrogens is 3. The largest absolute Gasteiger partial charge is 0.494 e. The number of hydrogen-bond acceptors (Lipinski definition) is 5. The Balaban J connectivity index is 2.06. The Morgan fingerprint density at radius 3 is 2.52 bits per heavy atom. The Bertz CT molecular complexity index is 870. The first-order valence-corrected chi connectivity index (χ1v) is 9.55. The van der Waals surface area contributed by atoms with Gasteiger partial charge in [0, 0.05) is 38.0 Å². The zero-order valence-electron chi connectivity index (χ0n) is 16.6. The minimum atomic E-state index is 0.623. The van der Waals surface area contributed by atoms with Gasteiger partial charge in [-0.1, -0.05) is 6.07 Å². The van der Waals surface area contributed by atoms with Crippen molar-refractivity contribution in [1.29, 1.82) is 0 Å².